The van der Waals surface area contributed by atoms with E-state index in [1.165, 1.54) is 0 Å². The Morgan fingerprint density at radius 2 is 2.11 bits per heavy atom. The first-order valence-electron chi connectivity index (χ1n) is 2.83. The summed E-state index contributed by atoms with van der Waals surface area (Å²) in [7, 11) is 1.73. The summed E-state index contributed by atoms with van der Waals surface area (Å²) < 4.78 is 9.98. The predicted octanol–water partition coefficient (Wildman–Crippen LogP) is 1.31. The molecule has 0 unspecified atom stereocenters. The monoisotopic (exact) mass is 132 g/mol. The molecule has 0 aromatic rings. The maximum absolute atomic E-state index is 5.01. The van der Waals surface area contributed by atoms with Gasteiger partial charge in [0.15, 0.2) is 0 Å². The zero-order chi connectivity index (χ0) is 6.04. The van der Waals surface area contributed by atoms with Crippen molar-refractivity contribution in [2.45, 2.75) is 14.4 Å². The summed E-state index contributed by atoms with van der Waals surface area (Å²) in [5, 5.41) is 0. The molecular formula is C7H16O2. The Balaban J connectivity index is 0.000000640. The molecule has 2 heteroatoms. The van der Waals surface area contributed by atoms with Gasteiger partial charge in [0.25, 0.3) is 0 Å². The van der Waals surface area contributed by atoms with Gasteiger partial charge in [0.1, 0.15) is 0 Å². The summed E-state index contributed by atoms with van der Waals surface area (Å²) in [5.74, 6) is 0. The van der Waals surface area contributed by atoms with Gasteiger partial charge in [0.05, 0.1) is 19.8 Å². The molecule has 56 valence electrons. The fraction of sp³-hybridized carbons (Fsp3) is 1.00. The van der Waals surface area contributed by atoms with E-state index in [4.69, 9.17) is 9.47 Å². The second-order valence-electron chi connectivity index (χ2n) is 2.74. The van der Waals surface area contributed by atoms with Crippen molar-refractivity contribution in [2.75, 3.05) is 26.9 Å². The topological polar surface area (TPSA) is 18.5 Å². The molecule has 1 heterocycles. The van der Waals surface area contributed by atoms with E-state index in [2.05, 4.69) is 6.92 Å². The summed E-state index contributed by atoms with van der Waals surface area (Å²) in [6.45, 7) is 4.72. The number of methoxy groups -OCH3 is 1. The minimum absolute atomic E-state index is 0. The SMILES string of the molecule is C.COCC1(C)COC1. The normalized spacial score (nSPS) is 22.0. The minimum atomic E-state index is 0. The molecule has 0 aromatic carbocycles. The van der Waals surface area contributed by atoms with E-state index in [1.54, 1.807) is 7.11 Å². The molecule has 0 amide bonds. The summed E-state index contributed by atoms with van der Waals surface area (Å²) in [5.41, 5.74) is 0.328. The molecule has 1 fully saturated rings. The minimum Gasteiger partial charge on any atom is -0.384 e. The van der Waals surface area contributed by atoms with Gasteiger partial charge < -0.3 is 9.47 Å². The fourth-order valence-corrected chi connectivity index (χ4v) is 0.882. The van der Waals surface area contributed by atoms with Crippen LogP contribution in [0, 0.1) is 5.41 Å². The van der Waals surface area contributed by atoms with Gasteiger partial charge >= 0.3 is 0 Å². The predicted molar refractivity (Wildman–Crippen MR) is 37.5 cm³/mol. The van der Waals surface area contributed by atoms with Crippen LogP contribution in [0.5, 0.6) is 0 Å². The van der Waals surface area contributed by atoms with Gasteiger partial charge in [-0.2, -0.15) is 0 Å². The van der Waals surface area contributed by atoms with Crippen molar-refractivity contribution in [3.8, 4) is 0 Å². The van der Waals surface area contributed by atoms with Gasteiger partial charge in [-0.3, -0.25) is 0 Å². The molecule has 1 aliphatic heterocycles. The molecule has 0 N–H and O–H groups in total. The van der Waals surface area contributed by atoms with E-state index in [9.17, 15) is 0 Å². The standard InChI is InChI=1S/C6H12O2.CH4/c1-6(3-7-2)4-8-5-6;/h3-5H2,1-2H3;1H4. The van der Waals surface area contributed by atoms with Crippen molar-refractivity contribution in [3.05, 3.63) is 0 Å². The highest BCUT2D eigenvalue weighted by molar-refractivity contribution is 4.79. The van der Waals surface area contributed by atoms with Crippen molar-refractivity contribution < 1.29 is 9.47 Å². The average Bonchev–Trinajstić information content (AvgIpc) is 1.64. The van der Waals surface area contributed by atoms with E-state index >= 15 is 0 Å². The van der Waals surface area contributed by atoms with Crippen LogP contribution < -0.4 is 0 Å². The lowest BCUT2D eigenvalue weighted by Crippen LogP contribution is -2.43. The highest BCUT2D eigenvalue weighted by Crippen LogP contribution is 2.25. The number of rotatable bonds is 2. The lowest BCUT2D eigenvalue weighted by Gasteiger charge is -2.37. The zero-order valence-electron chi connectivity index (χ0n) is 5.44. The third kappa shape index (κ3) is 1.95. The Morgan fingerprint density at radius 1 is 1.56 bits per heavy atom. The van der Waals surface area contributed by atoms with Crippen LogP contribution in [0.25, 0.3) is 0 Å². The van der Waals surface area contributed by atoms with Crippen LogP contribution >= 0.6 is 0 Å². The van der Waals surface area contributed by atoms with Gasteiger partial charge in [0, 0.05) is 12.5 Å². The van der Waals surface area contributed by atoms with Gasteiger partial charge in [0.2, 0.25) is 0 Å². The Morgan fingerprint density at radius 3 is 2.22 bits per heavy atom. The molecule has 1 saturated heterocycles. The first kappa shape index (κ1) is 8.92. The largest absolute Gasteiger partial charge is 0.384 e. The molecule has 1 rings (SSSR count). The van der Waals surface area contributed by atoms with E-state index in [0.717, 1.165) is 19.8 Å². The molecule has 0 saturated carbocycles. The molecule has 0 aromatic heterocycles. The highest BCUT2D eigenvalue weighted by Gasteiger charge is 2.32. The first-order chi connectivity index (χ1) is 3.77. The first-order valence-corrected chi connectivity index (χ1v) is 2.83. The quantitative estimate of drug-likeness (QED) is 0.564. The van der Waals surface area contributed by atoms with E-state index in [1.807, 2.05) is 0 Å². The summed E-state index contributed by atoms with van der Waals surface area (Å²) in [6.07, 6.45) is 0. The molecule has 0 aliphatic carbocycles. The molecule has 0 radical (unpaired) electrons. The van der Waals surface area contributed by atoms with Crippen LogP contribution in [0.3, 0.4) is 0 Å². The maximum Gasteiger partial charge on any atom is 0.0564 e. The summed E-state index contributed by atoms with van der Waals surface area (Å²) >= 11 is 0. The van der Waals surface area contributed by atoms with E-state index < -0.39 is 0 Å². The number of hydrogen-bond donors (Lipinski definition) is 0. The van der Waals surface area contributed by atoms with Crippen molar-refractivity contribution >= 4 is 0 Å². The lowest BCUT2D eigenvalue weighted by molar-refractivity contribution is -0.131. The number of hydrogen-bond acceptors (Lipinski definition) is 2. The Bertz CT molecular complexity index is 77.0. The maximum atomic E-state index is 5.01. The van der Waals surface area contributed by atoms with Crippen LogP contribution in [-0.4, -0.2) is 26.9 Å². The Kier molecular flexibility index (Phi) is 3.15. The fourth-order valence-electron chi connectivity index (χ4n) is 0.882. The van der Waals surface area contributed by atoms with Crippen LogP contribution in [0.4, 0.5) is 0 Å². The molecule has 9 heavy (non-hydrogen) atoms. The smallest absolute Gasteiger partial charge is 0.0564 e. The molecule has 0 bridgehead atoms. The van der Waals surface area contributed by atoms with Crippen molar-refractivity contribution in [3.63, 3.8) is 0 Å². The van der Waals surface area contributed by atoms with Crippen molar-refractivity contribution in [2.24, 2.45) is 5.41 Å². The molecule has 0 spiro atoms. The second kappa shape index (κ2) is 3.18. The van der Waals surface area contributed by atoms with Crippen LogP contribution in [0.1, 0.15) is 14.4 Å². The van der Waals surface area contributed by atoms with Crippen LogP contribution in [0.2, 0.25) is 0 Å². The Labute approximate surface area is 57.2 Å². The van der Waals surface area contributed by atoms with Crippen LogP contribution in [0.15, 0.2) is 0 Å². The Hall–Kier alpha value is -0.0800. The van der Waals surface area contributed by atoms with Gasteiger partial charge in [-0.25, -0.2) is 0 Å². The lowest BCUT2D eigenvalue weighted by atomic mass is 9.90. The third-order valence-electron chi connectivity index (χ3n) is 1.39. The zero-order valence-corrected chi connectivity index (χ0v) is 5.44. The van der Waals surface area contributed by atoms with E-state index in [-0.39, 0.29) is 7.43 Å². The third-order valence-corrected chi connectivity index (χ3v) is 1.39. The van der Waals surface area contributed by atoms with E-state index in [0.29, 0.717) is 5.41 Å². The number of ether oxygens (including phenoxy) is 2. The molecule has 2 nitrogen and oxygen atoms in total. The summed E-state index contributed by atoms with van der Waals surface area (Å²) in [6, 6.07) is 0. The van der Waals surface area contributed by atoms with Gasteiger partial charge in [-0.05, 0) is 0 Å². The highest BCUT2D eigenvalue weighted by atomic mass is 16.5. The van der Waals surface area contributed by atoms with Crippen molar-refractivity contribution in [1.82, 2.24) is 0 Å². The van der Waals surface area contributed by atoms with Gasteiger partial charge in [-0.15, -0.1) is 0 Å². The van der Waals surface area contributed by atoms with Crippen molar-refractivity contribution in [1.29, 1.82) is 0 Å². The average molecular weight is 132 g/mol. The summed E-state index contributed by atoms with van der Waals surface area (Å²) in [4.78, 5) is 0. The molecule has 0 atom stereocenters. The molecule has 1 aliphatic rings. The molecular weight excluding hydrogens is 116 g/mol. The van der Waals surface area contributed by atoms with Gasteiger partial charge in [-0.1, -0.05) is 14.4 Å². The second-order valence-corrected chi connectivity index (χ2v) is 2.74. The van der Waals surface area contributed by atoms with Crippen LogP contribution in [-0.2, 0) is 9.47 Å².